The van der Waals surface area contributed by atoms with Crippen molar-refractivity contribution < 1.29 is 13.3 Å². The fourth-order valence-electron chi connectivity index (χ4n) is 0.748. The first-order valence-corrected chi connectivity index (χ1v) is 5.95. The van der Waals surface area contributed by atoms with E-state index in [1.807, 2.05) is 0 Å². The zero-order valence-corrected chi connectivity index (χ0v) is 9.34. The van der Waals surface area contributed by atoms with Gasteiger partial charge in [-0.05, 0) is 22.0 Å². The van der Waals surface area contributed by atoms with Crippen molar-refractivity contribution in [2.75, 3.05) is 0 Å². The highest BCUT2D eigenvalue weighted by Gasteiger charge is 2.27. The van der Waals surface area contributed by atoms with E-state index < -0.39 is 21.0 Å². The minimum absolute atomic E-state index is 0.216. The summed E-state index contributed by atoms with van der Waals surface area (Å²) < 4.78 is 21.7. The van der Waals surface area contributed by atoms with Crippen LogP contribution in [-0.2, 0) is 10.7 Å². The predicted molar refractivity (Wildman–Crippen MR) is 52.1 cm³/mol. The van der Waals surface area contributed by atoms with Crippen LogP contribution in [0, 0.1) is 10.1 Å². The molecule has 1 heterocycles. The van der Waals surface area contributed by atoms with E-state index in [-0.39, 0.29) is 4.88 Å². The van der Waals surface area contributed by atoms with Gasteiger partial charge in [0.1, 0.15) is 0 Å². The highest BCUT2D eigenvalue weighted by atomic mass is 79.9. The predicted octanol–water partition coefficient (Wildman–Crippen LogP) is 1.40. The normalized spacial score (nSPS) is 13.1. The van der Waals surface area contributed by atoms with E-state index in [0.29, 0.717) is 4.47 Å². The highest BCUT2D eigenvalue weighted by molar-refractivity contribution is 9.10. The van der Waals surface area contributed by atoms with Crippen molar-refractivity contribution in [1.29, 1.82) is 0 Å². The fraction of sp³-hybridized carbons (Fsp3) is 0.200. The molecule has 0 fully saturated rings. The summed E-state index contributed by atoms with van der Waals surface area (Å²) in [6, 6.07) is 1.43. The van der Waals surface area contributed by atoms with Crippen molar-refractivity contribution in [2.24, 2.45) is 0 Å². The van der Waals surface area contributed by atoms with Crippen LogP contribution in [0.4, 0.5) is 0 Å². The van der Waals surface area contributed by atoms with Crippen molar-refractivity contribution in [1.82, 2.24) is 0 Å². The summed E-state index contributed by atoms with van der Waals surface area (Å²) in [5, 5.41) is 10.3. The first-order chi connectivity index (χ1) is 6.02. The number of thiophene rings is 1. The molecule has 1 aromatic rings. The Labute approximate surface area is 87.6 Å². The van der Waals surface area contributed by atoms with Crippen LogP contribution >= 0.6 is 27.3 Å². The lowest BCUT2D eigenvalue weighted by Crippen LogP contribution is -2.10. The van der Waals surface area contributed by atoms with Crippen LogP contribution in [0.1, 0.15) is 10.3 Å². The standard InChI is InChI=1S/C5H4BrNO4S2/c6-3-1-4(12-2-3)5(7(8)9)13(10)11/h1-2,5,13H. The molecule has 72 valence electrons. The van der Waals surface area contributed by atoms with E-state index in [0.717, 1.165) is 11.3 Å². The summed E-state index contributed by atoms with van der Waals surface area (Å²) in [4.78, 5) is 9.76. The lowest BCUT2D eigenvalue weighted by atomic mass is 10.5. The van der Waals surface area contributed by atoms with Gasteiger partial charge in [-0.15, -0.1) is 11.3 Å². The maximum atomic E-state index is 10.5. The molecular formula is C5H4BrNO4S2. The molecule has 0 aliphatic rings. The van der Waals surface area contributed by atoms with Gasteiger partial charge in [0.15, 0.2) is 0 Å². The zero-order valence-electron chi connectivity index (χ0n) is 6.05. The van der Waals surface area contributed by atoms with Gasteiger partial charge in [0, 0.05) is 14.8 Å². The summed E-state index contributed by atoms with van der Waals surface area (Å²) in [5.74, 6) is 0. The zero-order chi connectivity index (χ0) is 10.0. The molecule has 1 rings (SSSR count). The van der Waals surface area contributed by atoms with Crippen molar-refractivity contribution in [3.05, 3.63) is 30.9 Å². The Morgan fingerprint density at radius 2 is 2.23 bits per heavy atom. The Kier molecular flexibility index (Phi) is 3.40. The number of nitrogens with zero attached hydrogens (tertiary/aromatic N) is 1. The van der Waals surface area contributed by atoms with Crippen LogP contribution < -0.4 is 0 Å². The molecule has 1 aromatic heterocycles. The number of hydrogen-bond donors (Lipinski definition) is 1. The lowest BCUT2D eigenvalue weighted by molar-refractivity contribution is -0.501. The van der Waals surface area contributed by atoms with Gasteiger partial charge in [-0.1, -0.05) is 0 Å². The van der Waals surface area contributed by atoms with Gasteiger partial charge in [-0.3, -0.25) is 10.1 Å². The van der Waals surface area contributed by atoms with Crippen LogP contribution in [-0.4, -0.2) is 13.3 Å². The number of halogens is 1. The molecule has 13 heavy (non-hydrogen) atoms. The summed E-state index contributed by atoms with van der Waals surface area (Å²) in [6.45, 7) is 0. The van der Waals surface area contributed by atoms with Crippen molar-refractivity contribution >= 4 is 38.0 Å². The fourth-order valence-corrected chi connectivity index (χ4v) is 3.02. The van der Waals surface area contributed by atoms with Gasteiger partial charge in [0.05, 0.1) is 4.88 Å². The Hall–Kier alpha value is -0.470. The van der Waals surface area contributed by atoms with Crippen LogP contribution in [0.15, 0.2) is 15.9 Å². The average Bonchev–Trinajstić information content (AvgIpc) is 2.34. The molecule has 0 aliphatic heterocycles. The third-order valence-electron chi connectivity index (χ3n) is 1.24. The largest absolute Gasteiger partial charge is 0.341 e. The lowest BCUT2D eigenvalue weighted by Gasteiger charge is -1.97. The Bertz CT molecular complexity index is 391. The molecule has 0 spiro atoms. The second kappa shape index (κ2) is 4.16. The first-order valence-electron chi connectivity index (χ1n) is 3.03. The molecule has 1 unspecified atom stereocenters. The van der Waals surface area contributed by atoms with Gasteiger partial charge < -0.3 is 0 Å². The monoisotopic (exact) mass is 285 g/mol. The summed E-state index contributed by atoms with van der Waals surface area (Å²) >= 11 is 4.13. The van der Waals surface area contributed by atoms with E-state index in [4.69, 9.17) is 0 Å². The number of hydrogen-bond acceptors (Lipinski definition) is 5. The minimum Gasteiger partial charge on any atom is -0.263 e. The van der Waals surface area contributed by atoms with Gasteiger partial charge in [-0.25, -0.2) is 8.42 Å². The highest BCUT2D eigenvalue weighted by Crippen LogP contribution is 2.27. The molecular weight excluding hydrogens is 282 g/mol. The smallest absolute Gasteiger partial charge is 0.263 e. The minimum atomic E-state index is -3.08. The number of rotatable bonds is 3. The van der Waals surface area contributed by atoms with Gasteiger partial charge in [0.2, 0.25) is 10.7 Å². The Balaban J connectivity index is 3.09. The Morgan fingerprint density at radius 3 is 2.54 bits per heavy atom. The number of nitro groups is 1. The maximum absolute atomic E-state index is 10.5. The van der Waals surface area contributed by atoms with Gasteiger partial charge in [-0.2, -0.15) is 0 Å². The number of thiol groups is 1. The second-order valence-corrected chi connectivity index (χ2v) is 5.03. The maximum Gasteiger partial charge on any atom is 0.341 e. The molecule has 0 aliphatic carbocycles. The van der Waals surface area contributed by atoms with Crippen LogP contribution in [0.25, 0.3) is 0 Å². The van der Waals surface area contributed by atoms with E-state index in [9.17, 15) is 18.5 Å². The van der Waals surface area contributed by atoms with Gasteiger partial charge in [0.25, 0.3) is 0 Å². The second-order valence-electron chi connectivity index (χ2n) is 2.11. The average molecular weight is 286 g/mol. The third kappa shape index (κ3) is 2.48. The molecule has 0 N–H and O–H groups in total. The van der Waals surface area contributed by atoms with Crippen LogP contribution in [0.3, 0.4) is 0 Å². The van der Waals surface area contributed by atoms with E-state index in [2.05, 4.69) is 15.9 Å². The molecule has 1 atom stereocenters. The Morgan fingerprint density at radius 1 is 1.62 bits per heavy atom. The van der Waals surface area contributed by atoms with Crippen LogP contribution in [0.2, 0.25) is 0 Å². The van der Waals surface area contributed by atoms with Crippen LogP contribution in [0.5, 0.6) is 0 Å². The molecule has 8 heteroatoms. The molecule has 0 aromatic carbocycles. The van der Waals surface area contributed by atoms with Gasteiger partial charge >= 0.3 is 5.37 Å². The molecule has 0 saturated carbocycles. The van der Waals surface area contributed by atoms with Crippen molar-refractivity contribution in [2.45, 2.75) is 5.37 Å². The summed E-state index contributed by atoms with van der Waals surface area (Å²) in [5.41, 5.74) is 0. The molecule has 0 amide bonds. The quantitative estimate of drug-likeness (QED) is 0.517. The van der Waals surface area contributed by atoms with Crippen molar-refractivity contribution in [3.63, 3.8) is 0 Å². The van der Waals surface area contributed by atoms with E-state index in [1.165, 1.54) is 6.07 Å². The topological polar surface area (TPSA) is 77.3 Å². The SMILES string of the molecule is O=[N+]([O-])C(c1cc(Br)cs1)[SH](=O)=O. The summed E-state index contributed by atoms with van der Waals surface area (Å²) in [7, 11) is -3.08. The molecule has 0 saturated heterocycles. The molecule has 0 radical (unpaired) electrons. The summed E-state index contributed by atoms with van der Waals surface area (Å²) in [6.07, 6.45) is 0. The van der Waals surface area contributed by atoms with E-state index >= 15 is 0 Å². The molecule has 5 nitrogen and oxygen atoms in total. The third-order valence-corrected chi connectivity index (χ3v) is 4.03. The van der Waals surface area contributed by atoms with Crippen molar-refractivity contribution in [3.8, 4) is 0 Å². The molecule has 0 bridgehead atoms. The van der Waals surface area contributed by atoms with E-state index in [1.54, 1.807) is 5.38 Å². The first kappa shape index (κ1) is 10.6.